The Morgan fingerprint density at radius 1 is 1.10 bits per heavy atom. The average Bonchev–Trinajstić information content (AvgIpc) is 2.50. The van der Waals surface area contributed by atoms with Crippen LogP contribution in [0.5, 0.6) is 11.5 Å². The zero-order chi connectivity index (χ0) is 13.9. The van der Waals surface area contributed by atoms with Crippen molar-refractivity contribution in [2.75, 3.05) is 13.7 Å². The summed E-state index contributed by atoms with van der Waals surface area (Å²) in [5.41, 5.74) is 0. The first kappa shape index (κ1) is 13.7. The van der Waals surface area contributed by atoms with Gasteiger partial charge in [-0.2, -0.15) is 0 Å². The van der Waals surface area contributed by atoms with Crippen molar-refractivity contribution in [2.45, 2.75) is 44.8 Å². The average molecular weight is 275 g/mol. The molecular formula is C17H25NO2. The van der Waals surface area contributed by atoms with Gasteiger partial charge in [-0.1, -0.05) is 31.9 Å². The quantitative estimate of drug-likeness (QED) is 0.918. The first-order valence-electron chi connectivity index (χ1n) is 7.83. The lowest BCUT2D eigenvalue weighted by atomic mass is 9.77. The van der Waals surface area contributed by atoms with Gasteiger partial charge in [-0.25, -0.2) is 0 Å². The minimum atomic E-state index is 0.119. The fraction of sp³-hybridized carbons (Fsp3) is 0.647. The van der Waals surface area contributed by atoms with Gasteiger partial charge < -0.3 is 14.8 Å². The third kappa shape index (κ3) is 2.78. The van der Waals surface area contributed by atoms with Crippen LogP contribution < -0.4 is 14.8 Å². The zero-order valence-electron chi connectivity index (χ0n) is 12.5. The van der Waals surface area contributed by atoms with Crippen molar-refractivity contribution in [1.29, 1.82) is 0 Å². The molecule has 2 atom stereocenters. The highest BCUT2D eigenvalue weighted by Crippen LogP contribution is 2.36. The van der Waals surface area contributed by atoms with Gasteiger partial charge in [-0.15, -0.1) is 0 Å². The van der Waals surface area contributed by atoms with E-state index < -0.39 is 0 Å². The second-order valence-electron chi connectivity index (χ2n) is 6.25. The van der Waals surface area contributed by atoms with Crippen LogP contribution in [-0.2, 0) is 0 Å². The largest absolute Gasteiger partial charge is 0.486 e. The lowest BCUT2D eigenvalue weighted by Crippen LogP contribution is -2.51. The molecule has 1 saturated carbocycles. The minimum Gasteiger partial charge on any atom is -0.486 e. The summed E-state index contributed by atoms with van der Waals surface area (Å²) < 4.78 is 12.0. The Morgan fingerprint density at radius 2 is 1.80 bits per heavy atom. The number of benzene rings is 1. The van der Waals surface area contributed by atoms with E-state index in [9.17, 15) is 0 Å². The van der Waals surface area contributed by atoms with Crippen molar-refractivity contribution in [1.82, 2.24) is 5.32 Å². The number of hydrogen-bond acceptors (Lipinski definition) is 3. The molecule has 20 heavy (non-hydrogen) atoms. The molecule has 0 bridgehead atoms. The molecule has 2 aliphatic rings. The van der Waals surface area contributed by atoms with Crippen LogP contribution in [0.2, 0.25) is 0 Å². The van der Waals surface area contributed by atoms with E-state index in [1.54, 1.807) is 0 Å². The van der Waals surface area contributed by atoms with Gasteiger partial charge >= 0.3 is 0 Å². The Bertz CT molecular complexity index is 440. The summed E-state index contributed by atoms with van der Waals surface area (Å²) in [7, 11) is 2.05. The van der Waals surface area contributed by atoms with E-state index in [1.807, 2.05) is 31.3 Å². The Balaban J connectivity index is 1.68. The van der Waals surface area contributed by atoms with E-state index in [0.29, 0.717) is 18.6 Å². The molecule has 1 heterocycles. The monoisotopic (exact) mass is 275 g/mol. The maximum Gasteiger partial charge on any atom is 0.161 e. The molecule has 3 rings (SSSR count). The van der Waals surface area contributed by atoms with E-state index in [1.165, 1.54) is 25.7 Å². The third-order valence-electron chi connectivity index (χ3n) is 4.83. The number of ether oxygens (including phenoxy) is 2. The molecule has 3 nitrogen and oxygen atoms in total. The van der Waals surface area contributed by atoms with Gasteiger partial charge in [0, 0.05) is 0 Å². The molecule has 0 spiro atoms. The molecule has 1 aliphatic carbocycles. The van der Waals surface area contributed by atoms with Crippen molar-refractivity contribution in [3.05, 3.63) is 24.3 Å². The molecule has 0 amide bonds. The molecule has 1 aromatic rings. The summed E-state index contributed by atoms with van der Waals surface area (Å²) in [5, 5.41) is 3.48. The summed E-state index contributed by atoms with van der Waals surface area (Å²) in [6.07, 6.45) is 5.40. The van der Waals surface area contributed by atoms with Crippen molar-refractivity contribution >= 4 is 0 Å². The smallest absolute Gasteiger partial charge is 0.161 e. The van der Waals surface area contributed by atoms with Crippen LogP contribution in [0.1, 0.15) is 32.6 Å². The van der Waals surface area contributed by atoms with Gasteiger partial charge in [-0.05, 0) is 43.9 Å². The molecule has 2 unspecified atom stereocenters. The summed E-state index contributed by atoms with van der Waals surface area (Å²) in [5.74, 6) is 3.34. The van der Waals surface area contributed by atoms with Crippen LogP contribution in [0.15, 0.2) is 24.3 Å². The number of rotatable bonds is 3. The van der Waals surface area contributed by atoms with E-state index in [0.717, 1.165) is 17.4 Å². The number of nitrogens with one attached hydrogen (secondary N) is 1. The summed E-state index contributed by atoms with van der Waals surface area (Å²) in [4.78, 5) is 0. The van der Waals surface area contributed by atoms with E-state index in [2.05, 4.69) is 12.2 Å². The van der Waals surface area contributed by atoms with Gasteiger partial charge in [0.15, 0.2) is 11.5 Å². The maximum absolute atomic E-state index is 6.18. The summed E-state index contributed by atoms with van der Waals surface area (Å²) >= 11 is 0. The number of likely N-dealkylation sites (N-methyl/N-ethyl adjacent to an activating group) is 1. The van der Waals surface area contributed by atoms with Crippen molar-refractivity contribution < 1.29 is 9.47 Å². The number of fused-ring (bicyclic) bond motifs is 1. The van der Waals surface area contributed by atoms with Crippen LogP contribution in [0, 0.1) is 11.8 Å². The third-order valence-corrected chi connectivity index (χ3v) is 4.83. The van der Waals surface area contributed by atoms with Crippen molar-refractivity contribution in [2.24, 2.45) is 11.8 Å². The second-order valence-corrected chi connectivity index (χ2v) is 6.25. The van der Waals surface area contributed by atoms with Crippen LogP contribution in [-0.4, -0.2) is 25.8 Å². The predicted octanol–water partition coefficient (Wildman–Crippen LogP) is 3.24. The highest BCUT2D eigenvalue weighted by molar-refractivity contribution is 5.40. The molecule has 110 valence electrons. The number of para-hydroxylation sites is 2. The molecular weight excluding hydrogens is 250 g/mol. The zero-order valence-corrected chi connectivity index (χ0v) is 12.5. The molecule has 1 aromatic carbocycles. The predicted molar refractivity (Wildman–Crippen MR) is 80.3 cm³/mol. The SMILES string of the molecule is CNC(C1CCC(C)CC1)C1COc2ccccc2O1. The molecule has 1 fully saturated rings. The van der Waals surface area contributed by atoms with Crippen LogP contribution in [0.3, 0.4) is 0 Å². The van der Waals surface area contributed by atoms with E-state index in [4.69, 9.17) is 9.47 Å². The van der Waals surface area contributed by atoms with Crippen LogP contribution >= 0.6 is 0 Å². The van der Waals surface area contributed by atoms with Crippen molar-refractivity contribution in [3.63, 3.8) is 0 Å². The highest BCUT2D eigenvalue weighted by atomic mass is 16.6. The minimum absolute atomic E-state index is 0.119. The number of hydrogen-bond donors (Lipinski definition) is 1. The summed E-state index contributed by atoms with van der Waals surface area (Å²) in [6.45, 7) is 3.01. The van der Waals surface area contributed by atoms with Crippen molar-refractivity contribution in [3.8, 4) is 11.5 Å². The fourth-order valence-corrected chi connectivity index (χ4v) is 3.58. The van der Waals surface area contributed by atoms with E-state index in [-0.39, 0.29) is 6.10 Å². The van der Waals surface area contributed by atoms with Crippen LogP contribution in [0.4, 0.5) is 0 Å². The van der Waals surface area contributed by atoms with Gasteiger partial charge in [0.1, 0.15) is 12.7 Å². The lowest BCUT2D eigenvalue weighted by molar-refractivity contribution is 0.0365. The van der Waals surface area contributed by atoms with Crippen LogP contribution in [0.25, 0.3) is 0 Å². The first-order valence-corrected chi connectivity index (χ1v) is 7.83. The Hall–Kier alpha value is -1.22. The normalized spacial score (nSPS) is 30.8. The maximum atomic E-state index is 6.18. The second kappa shape index (κ2) is 6.04. The van der Waals surface area contributed by atoms with E-state index >= 15 is 0 Å². The molecule has 0 aromatic heterocycles. The van der Waals surface area contributed by atoms with Gasteiger partial charge in [0.05, 0.1) is 6.04 Å². The summed E-state index contributed by atoms with van der Waals surface area (Å²) in [6, 6.07) is 8.34. The van der Waals surface area contributed by atoms with Gasteiger partial charge in [0.25, 0.3) is 0 Å². The molecule has 3 heteroatoms. The standard InChI is InChI=1S/C17H25NO2/c1-12-7-9-13(10-8-12)17(18-2)16-11-19-14-5-3-4-6-15(14)20-16/h3-6,12-13,16-18H,7-11H2,1-2H3. The Labute approximate surface area is 121 Å². The topological polar surface area (TPSA) is 30.5 Å². The first-order chi connectivity index (χ1) is 9.78. The Morgan fingerprint density at radius 3 is 2.50 bits per heavy atom. The highest BCUT2D eigenvalue weighted by Gasteiger charge is 2.34. The Kier molecular flexibility index (Phi) is 4.16. The lowest BCUT2D eigenvalue weighted by Gasteiger charge is -2.38. The molecule has 0 saturated heterocycles. The molecule has 0 radical (unpaired) electrons. The molecule has 1 N–H and O–H groups in total. The fourth-order valence-electron chi connectivity index (χ4n) is 3.58. The molecule has 1 aliphatic heterocycles. The van der Waals surface area contributed by atoms with Gasteiger partial charge in [0.2, 0.25) is 0 Å². The van der Waals surface area contributed by atoms with Gasteiger partial charge in [-0.3, -0.25) is 0 Å².